The number of carbonyl (C=O) groups excluding carboxylic acids is 1. The molecule has 0 radical (unpaired) electrons. The number of nitrogens with two attached hydrogens (primary N) is 1. The van der Waals surface area contributed by atoms with Crippen molar-refractivity contribution in [2.45, 2.75) is 32.1 Å². The lowest BCUT2D eigenvalue weighted by Gasteiger charge is -2.31. The van der Waals surface area contributed by atoms with Gasteiger partial charge in [0.2, 0.25) is 0 Å². The van der Waals surface area contributed by atoms with Gasteiger partial charge in [-0.15, -0.1) is 0 Å². The lowest BCUT2D eigenvalue weighted by molar-refractivity contribution is 0.100. The van der Waals surface area contributed by atoms with Crippen LogP contribution in [0.2, 0.25) is 0 Å². The second kappa shape index (κ2) is 5.85. The molecule has 5 heteroatoms. The predicted molar refractivity (Wildman–Crippen MR) is 83.3 cm³/mol. The Bertz CT molecular complexity index is 647. The van der Waals surface area contributed by atoms with Gasteiger partial charge in [0.15, 0.2) is 0 Å². The molecule has 112 valence electrons. The average Bonchev–Trinajstić information content (AvgIpc) is 2.91. The van der Waals surface area contributed by atoms with Crippen molar-refractivity contribution in [1.29, 1.82) is 0 Å². The Kier molecular flexibility index (Phi) is 3.92. The second-order valence-electron chi connectivity index (χ2n) is 5.83. The Balaban J connectivity index is 1.90. The van der Waals surface area contributed by atoms with Crippen LogP contribution in [0.1, 0.15) is 48.3 Å². The summed E-state index contributed by atoms with van der Waals surface area (Å²) in [5.41, 5.74) is 7.52. The van der Waals surface area contributed by atoms with Gasteiger partial charge in [-0.1, -0.05) is 13.0 Å². The first-order valence-electron chi connectivity index (χ1n) is 7.69. The molecule has 0 bridgehead atoms. The molecule has 0 spiro atoms. The summed E-state index contributed by atoms with van der Waals surface area (Å²) < 4.78 is 0. The van der Waals surface area contributed by atoms with Crippen LogP contribution in [0.5, 0.6) is 0 Å². The van der Waals surface area contributed by atoms with Crippen LogP contribution in [0.4, 0.5) is 0 Å². The summed E-state index contributed by atoms with van der Waals surface area (Å²) in [6.45, 7) is 5.57. The van der Waals surface area contributed by atoms with Crippen molar-refractivity contribution in [3.05, 3.63) is 29.6 Å². The van der Waals surface area contributed by atoms with Crippen LogP contribution >= 0.6 is 0 Å². The molecule has 1 aromatic carbocycles. The smallest absolute Gasteiger partial charge is 0.250 e. The first-order valence-corrected chi connectivity index (χ1v) is 7.69. The Labute approximate surface area is 124 Å². The molecule has 1 unspecified atom stereocenters. The Hall–Kier alpha value is -1.88. The number of H-pyrrole nitrogens is 1. The van der Waals surface area contributed by atoms with Crippen LogP contribution in [-0.4, -0.2) is 40.4 Å². The molecule has 1 saturated heterocycles. The van der Waals surface area contributed by atoms with E-state index in [1.54, 1.807) is 6.07 Å². The summed E-state index contributed by atoms with van der Waals surface area (Å²) >= 11 is 0. The number of para-hydroxylation sites is 1. The van der Waals surface area contributed by atoms with E-state index in [1.807, 2.05) is 12.1 Å². The first-order chi connectivity index (χ1) is 10.2. The maximum atomic E-state index is 11.5. The third-order valence-corrected chi connectivity index (χ3v) is 4.23. The fourth-order valence-electron chi connectivity index (χ4n) is 3.24. The quantitative estimate of drug-likeness (QED) is 0.905. The number of imidazole rings is 1. The van der Waals surface area contributed by atoms with Crippen LogP contribution in [0.25, 0.3) is 11.0 Å². The normalized spacial score (nSPS) is 20.0. The van der Waals surface area contributed by atoms with Crippen LogP contribution in [0.15, 0.2) is 18.2 Å². The molecule has 1 fully saturated rings. The molecule has 21 heavy (non-hydrogen) atoms. The molecule has 1 aliphatic heterocycles. The lowest BCUT2D eigenvalue weighted by atomic mass is 9.97. The van der Waals surface area contributed by atoms with Gasteiger partial charge in [-0.2, -0.15) is 0 Å². The number of hydrogen-bond acceptors (Lipinski definition) is 3. The van der Waals surface area contributed by atoms with Gasteiger partial charge in [0.05, 0.1) is 11.1 Å². The van der Waals surface area contributed by atoms with Crippen molar-refractivity contribution in [2.75, 3.05) is 19.6 Å². The molecule has 3 N–H and O–H groups in total. The molecular weight excluding hydrogens is 264 g/mol. The Morgan fingerprint density at radius 3 is 3.14 bits per heavy atom. The zero-order valence-corrected chi connectivity index (χ0v) is 12.4. The largest absolute Gasteiger partial charge is 0.366 e. The third-order valence-electron chi connectivity index (χ3n) is 4.23. The molecule has 1 aromatic heterocycles. The molecule has 5 nitrogen and oxygen atoms in total. The van der Waals surface area contributed by atoms with E-state index in [-0.39, 0.29) is 0 Å². The summed E-state index contributed by atoms with van der Waals surface area (Å²) in [6, 6.07) is 5.53. The summed E-state index contributed by atoms with van der Waals surface area (Å²) in [4.78, 5) is 22.0. The number of piperidine rings is 1. The molecular formula is C16H22N4O. The van der Waals surface area contributed by atoms with E-state index in [0.29, 0.717) is 17.0 Å². The third kappa shape index (κ3) is 2.78. The van der Waals surface area contributed by atoms with Crippen molar-refractivity contribution >= 4 is 16.9 Å². The van der Waals surface area contributed by atoms with Crippen molar-refractivity contribution < 1.29 is 4.79 Å². The summed E-state index contributed by atoms with van der Waals surface area (Å²) in [5, 5.41) is 0. The van der Waals surface area contributed by atoms with Crippen molar-refractivity contribution in [2.24, 2.45) is 5.73 Å². The second-order valence-corrected chi connectivity index (χ2v) is 5.83. The van der Waals surface area contributed by atoms with Crippen molar-refractivity contribution in [3.8, 4) is 0 Å². The number of rotatable bonds is 4. The van der Waals surface area contributed by atoms with Gasteiger partial charge in [-0.3, -0.25) is 4.79 Å². The van der Waals surface area contributed by atoms with Crippen LogP contribution in [0.3, 0.4) is 0 Å². The zero-order chi connectivity index (χ0) is 14.8. The standard InChI is InChI=1S/C16H22N4O/c1-2-8-20-9-4-5-11(10-20)16-18-13-7-3-6-12(15(17)21)14(13)19-16/h3,6-7,11H,2,4-5,8-10H2,1H3,(H2,17,21)(H,18,19). The molecule has 3 rings (SSSR count). The van der Waals surface area contributed by atoms with Crippen molar-refractivity contribution in [1.82, 2.24) is 14.9 Å². The number of carbonyl (C=O) groups is 1. The van der Waals surface area contributed by atoms with Gasteiger partial charge in [0.1, 0.15) is 11.3 Å². The molecule has 1 aliphatic rings. The van der Waals surface area contributed by atoms with Crippen LogP contribution < -0.4 is 5.73 Å². The molecule has 1 amide bonds. The number of primary amides is 1. The van der Waals surface area contributed by atoms with E-state index < -0.39 is 5.91 Å². The highest BCUT2D eigenvalue weighted by Gasteiger charge is 2.24. The van der Waals surface area contributed by atoms with Gasteiger partial charge in [-0.05, 0) is 44.5 Å². The van der Waals surface area contributed by atoms with E-state index in [4.69, 9.17) is 5.73 Å². The van der Waals surface area contributed by atoms with Gasteiger partial charge < -0.3 is 15.6 Å². The summed E-state index contributed by atoms with van der Waals surface area (Å²) in [5.74, 6) is 0.979. The monoisotopic (exact) mass is 286 g/mol. The van der Waals surface area contributed by atoms with Gasteiger partial charge >= 0.3 is 0 Å². The van der Waals surface area contributed by atoms with Crippen LogP contribution in [0, 0.1) is 0 Å². The minimum absolute atomic E-state index is 0.415. The fourth-order valence-corrected chi connectivity index (χ4v) is 3.24. The fraction of sp³-hybridized carbons (Fsp3) is 0.500. The topological polar surface area (TPSA) is 75.0 Å². The lowest BCUT2D eigenvalue weighted by Crippen LogP contribution is -2.35. The number of nitrogens with zero attached hydrogens (tertiary/aromatic N) is 2. The van der Waals surface area contributed by atoms with E-state index >= 15 is 0 Å². The van der Waals surface area contributed by atoms with Gasteiger partial charge in [0.25, 0.3) is 5.91 Å². The highest BCUT2D eigenvalue weighted by molar-refractivity contribution is 6.04. The number of aromatic nitrogens is 2. The Morgan fingerprint density at radius 2 is 2.38 bits per heavy atom. The van der Waals surface area contributed by atoms with Gasteiger partial charge in [0, 0.05) is 12.5 Å². The number of amides is 1. The zero-order valence-electron chi connectivity index (χ0n) is 12.4. The SMILES string of the molecule is CCCN1CCCC(c2nc3c(C(N)=O)cccc3[nH]2)C1. The maximum absolute atomic E-state index is 11.5. The molecule has 1 atom stereocenters. The first kappa shape index (κ1) is 14.1. The minimum Gasteiger partial charge on any atom is -0.366 e. The van der Waals surface area contributed by atoms with E-state index in [0.717, 1.165) is 30.9 Å². The summed E-state index contributed by atoms with van der Waals surface area (Å²) in [7, 11) is 0. The highest BCUT2D eigenvalue weighted by atomic mass is 16.1. The van der Waals surface area contributed by atoms with Crippen molar-refractivity contribution in [3.63, 3.8) is 0 Å². The minimum atomic E-state index is -0.421. The summed E-state index contributed by atoms with van der Waals surface area (Å²) in [6.07, 6.45) is 3.52. The number of benzene rings is 1. The molecule has 2 aromatic rings. The predicted octanol–water partition coefficient (Wildman–Crippen LogP) is 2.25. The number of nitrogens with one attached hydrogen (secondary N) is 1. The Morgan fingerprint density at radius 1 is 1.52 bits per heavy atom. The van der Waals surface area contributed by atoms with Gasteiger partial charge in [-0.25, -0.2) is 4.98 Å². The molecule has 2 heterocycles. The van der Waals surface area contributed by atoms with E-state index in [1.165, 1.54) is 19.4 Å². The van der Waals surface area contributed by atoms with E-state index in [2.05, 4.69) is 21.8 Å². The number of aromatic amines is 1. The molecule has 0 saturated carbocycles. The highest BCUT2D eigenvalue weighted by Crippen LogP contribution is 2.27. The van der Waals surface area contributed by atoms with E-state index in [9.17, 15) is 4.79 Å². The number of hydrogen-bond donors (Lipinski definition) is 2. The molecule has 0 aliphatic carbocycles. The maximum Gasteiger partial charge on any atom is 0.250 e. The number of fused-ring (bicyclic) bond motifs is 1. The average molecular weight is 286 g/mol. The number of likely N-dealkylation sites (tertiary alicyclic amines) is 1. The van der Waals surface area contributed by atoms with Crippen LogP contribution in [-0.2, 0) is 0 Å².